The van der Waals surface area contributed by atoms with Crippen LogP contribution in [0.2, 0.25) is 5.02 Å². The monoisotopic (exact) mass is 386 g/mol. The number of ether oxygens (including phenoxy) is 1. The van der Waals surface area contributed by atoms with Crippen molar-refractivity contribution in [3.8, 4) is 5.75 Å². The summed E-state index contributed by atoms with van der Waals surface area (Å²) in [5, 5.41) is 5.59. The topological polar surface area (TPSA) is 76.1 Å². The maximum absolute atomic E-state index is 13.2. The molecule has 0 atom stereocenters. The van der Waals surface area contributed by atoms with Crippen LogP contribution in [0.5, 0.6) is 5.75 Å². The van der Waals surface area contributed by atoms with Crippen LogP contribution in [0, 0.1) is 5.82 Å². The van der Waals surface area contributed by atoms with E-state index in [9.17, 15) is 9.18 Å². The number of aromatic nitrogens is 2. The van der Waals surface area contributed by atoms with Gasteiger partial charge in [0.15, 0.2) is 0 Å². The minimum atomic E-state index is -0.555. The molecule has 3 rings (SSSR count). The number of carbonyl (C=O) groups is 1. The van der Waals surface area contributed by atoms with E-state index in [4.69, 9.17) is 16.3 Å². The molecular formula is C19H16ClFN4O2. The van der Waals surface area contributed by atoms with Gasteiger partial charge in [-0.3, -0.25) is 4.79 Å². The summed E-state index contributed by atoms with van der Waals surface area (Å²) in [7, 11) is 0. The molecular weight excluding hydrogens is 371 g/mol. The van der Waals surface area contributed by atoms with Gasteiger partial charge in [-0.15, -0.1) is 0 Å². The Bertz CT molecular complexity index is 951. The smallest absolute Gasteiger partial charge is 0.258 e. The first kappa shape index (κ1) is 18.6. The summed E-state index contributed by atoms with van der Waals surface area (Å²) in [6.07, 6.45) is 2.78. The fraction of sp³-hybridized carbons (Fsp3) is 0.105. The number of rotatable bonds is 6. The Labute approximate surface area is 160 Å². The SMILES string of the molecule is CCOc1ccccc1Nc1ncc(C(=O)Nc2ccc(F)c(Cl)c2)cn1. The molecule has 0 aliphatic rings. The standard InChI is InChI=1S/C19H16ClFN4O2/c1-2-27-17-6-4-3-5-16(17)25-19-22-10-12(11-23-19)18(26)24-13-7-8-15(21)14(20)9-13/h3-11H,2H2,1H3,(H,24,26)(H,22,23,25). The molecule has 0 aliphatic carbocycles. The van der Waals surface area contributed by atoms with Gasteiger partial charge in [-0.2, -0.15) is 0 Å². The number of nitrogens with one attached hydrogen (secondary N) is 2. The largest absolute Gasteiger partial charge is 0.492 e. The molecule has 8 heteroatoms. The Morgan fingerprint density at radius 2 is 1.93 bits per heavy atom. The van der Waals surface area contributed by atoms with Crippen LogP contribution in [0.3, 0.4) is 0 Å². The van der Waals surface area contributed by atoms with E-state index < -0.39 is 11.7 Å². The number of benzene rings is 2. The quantitative estimate of drug-likeness (QED) is 0.644. The van der Waals surface area contributed by atoms with Gasteiger partial charge in [0.1, 0.15) is 11.6 Å². The van der Waals surface area contributed by atoms with E-state index in [0.717, 1.165) is 5.69 Å². The Kier molecular flexibility index (Phi) is 5.83. The van der Waals surface area contributed by atoms with E-state index in [-0.39, 0.29) is 10.6 Å². The van der Waals surface area contributed by atoms with Gasteiger partial charge in [0.25, 0.3) is 5.91 Å². The Morgan fingerprint density at radius 3 is 2.63 bits per heavy atom. The van der Waals surface area contributed by atoms with Crippen LogP contribution < -0.4 is 15.4 Å². The molecule has 2 aromatic carbocycles. The molecule has 6 nitrogen and oxygen atoms in total. The van der Waals surface area contributed by atoms with Gasteiger partial charge >= 0.3 is 0 Å². The Balaban J connectivity index is 1.69. The van der Waals surface area contributed by atoms with Gasteiger partial charge in [0.2, 0.25) is 5.95 Å². The second kappa shape index (κ2) is 8.46. The molecule has 0 aliphatic heterocycles. The van der Waals surface area contributed by atoms with Gasteiger partial charge in [-0.25, -0.2) is 14.4 Å². The van der Waals surface area contributed by atoms with Crippen molar-refractivity contribution in [1.29, 1.82) is 0 Å². The summed E-state index contributed by atoms with van der Waals surface area (Å²) in [5.41, 5.74) is 1.34. The third-order valence-corrected chi connectivity index (χ3v) is 3.81. The zero-order valence-electron chi connectivity index (χ0n) is 14.4. The predicted molar refractivity (Wildman–Crippen MR) is 102 cm³/mol. The van der Waals surface area contributed by atoms with Crippen molar-refractivity contribution in [2.45, 2.75) is 6.92 Å². The van der Waals surface area contributed by atoms with Gasteiger partial charge in [-0.1, -0.05) is 23.7 Å². The number of para-hydroxylation sites is 2. The van der Waals surface area contributed by atoms with Crippen molar-refractivity contribution >= 4 is 34.8 Å². The van der Waals surface area contributed by atoms with Gasteiger partial charge in [0, 0.05) is 18.1 Å². The van der Waals surface area contributed by atoms with Crippen LogP contribution in [0.4, 0.5) is 21.7 Å². The number of halogens is 2. The van der Waals surface area contributed by atoms with Crippen LogP contribution in [-0.4, -0.2) is 22.5 Å². The molecule has 1 heterocycles. The number of amides is 1. The summed E-state index contributed by atoms with van der Waals surface area (Å²) < 4.78 is 18.7. The third-order valence-electron chi connectivity index (χ3n) is 3.52. The summed E-state index contributed by atoms with van der Waals surface area (Å²) in [6.45, 7) is 2.43. The zero-order valence-corrected chi connectivity index (χ0v) is 15.1. The van der Waals surface area contributed by atoms with Gasteiger partial charge in [0.05, 0.1) is 22.9 Å². The van der Waals surface area contributed by atoms with Crippen molar-refractivity contribution in [3.63, 3.8) is 0 Å². The molecule has 1 amide bonds. The normalized spacial score (nSPS) is 10.3. The maximum atomic E-state index is 13.2. The fourth-order valence-electron chi connectivity index (χ4n) is 2.26. The first-order valence-corrected chi connectivity index (χ1v) is 8.52. The van der Waals surface area contributed by atoms with E-state index in [1.54, 1.807) is 0 Å². The van der Waals surface area contributed by atoms with Crippen molar-refractivity contribution in [2.24, 2.45) is 0 Å². The molecule has 0 fully saturated rings. The second-order valence-corrected chi connectivity index (χ2v) is 5.84. The molecule has 138 valence electrons. The lowest BCUT2D eigenvalue weighted by molar-refractivity contribution is 0.102. The molecule has 0 unspecified atom stereocenters. The molecule has 2 N–H and O–H groups in total. The fourth-order valence-corrected chi connectivity index (χ4v) is 2.44. The molecule has 27 heavy (non-hydrogen) atoms. The maximum Gasteiger partial charge on any atom is 0.258 e. The minimum absolute atomic E-state index is 0.0726. The van der Waals surface area contributed by atoms with Crippen LogP contribution in [0.25, 0.3) is 0 Å². The predicted octanol–water partition coefficient (Wildman–Crippen LogP) is 4.66. The average Bonchev–Trinajstić information content (AvgIpc) is 2.67. The molecule has 0 saturated carbocycles. The molecule has 0 bridgehead atoms. The lowest BCUT2D eigenvalue weighted by atomic mass is 10.2. The number of hydrogen-bond acceptors (Lipinski definition) is 5. The number of carbonyl (C=O) groups excluding carboxylic acids is 1. The Morgan fingerprint density at radius 1 is 1.19 bits per heavy atom. The van der Waals surface area contributed by atoms with Crippen molar-refractivity contribution in [1.82, 2.24) is 9.97 Å². The van der Waals surface area contributed by atoms with Gasteiger partial charge < -0.3 is 15.4 Å². The van der Waals surface area contributed by atoms with E-state index in [1.807, 2.05) is 31.2 Å². The zero-order chi connectivity index (χ0) is 19.2. The summed E-state index contributed by atoms with van der Waals surface area (Å²) >= 11 is 5.71. The molecule has 0 spiro atoms. The molecule has 1 aromatic heterocycles. The highest BCUT2D eigenvalue weighted by Crippen LogP contribution is 2.26. The summed E-state index contributed by atoms with van der Waals surface area (Å²) in [5.74, 6) is 0.0156. The van der Waals surface area contributed by atoms with Crippen LogP contribution >= 0.6 is 11.6 Å². The number of anilines is 3. The number of hydrogen-bond donors (Lipinski definition) is 2. The van der Waals surface area contributed by atoms with Gasteiger partial charge in [-0.05, 0) is 37.3 Å². The molecule has 0 radical (unpaired) electrons. The first-order valence-electron chi connectivity index (χ1n) is 8.14. The highest BCUT2D eigenvalue weighted by Gasteiger charge is 2.10. The number of nitrogens with zero attached hydrogens (tertiary/aromatic N) is 2. The van der Waals surface area contributed by atoms with E-state index in [1.165, 1.54) is 30.6 Å². The van der Waals surface area contributed by atoms with Crippen LogP contribution in [0.1, 0.15) is 17.3 Å². The molecule has 0 saturated heterocycles. The Hall–Kier alpha value is -3.19. The summed E-state index contributed by atoms with van der Waals surface area (Å²) in [6, 6.07) is 11.3. The lowest BCUT2D eigenvalue weighted by Gasteiger charge is -2.11. The van der Waals surface area contributed by atoms with Crippen molar-refractivity contribution < 1.29 is 13.9 Å². The highest BCUT2D eigenvalue weighted by molar-refractivity contribution is 6.31. The van der Waals surface area contributed by atoms with Crippen LogP contribution in [0.15, 0.2) is 54.9 Å². The van der Waals surface area contributed by atoms with E-state index in [0.29, 0.717) is 24.0 Å². The lowest BCUT2D eigenvalue weighted by Crippen LogP contribution is -2.13. The van der Waals surface area contributed by atoms with E-state index in [2.05, 4.69) is 20.6 Å². The average molecular weight is 387 g/mol. The third kappa shape index (κ3) is 4.71. The molecule has 3 aromatic rings. The van der Waals surface area contributed by atoms with Crippen molar-refractivity contribution in [2.75, 3.05) is 17.2 Å². The van der Waals surface area contributed by atoms with E-state index >= 15 is 0 Å². The summed E-state index contributed by atoms with van der Waals surface area (Å²) in [4.78, 5) is 20.5. The highest BCUT2D eigenvalue weighted by atomic mass is 35.5. The first-order chi connectivity index (χ1) is 13.1. The van der Waals surface area contributed by atoms with Crippen LogP contribution in [-0.2, 0) is 0 Å². The second-order valence-electron chi connectivity index (χ2n) is 5.43. The minimum Gasteiger partial charge on any atom is -0.492 e. The van der Waals surface area contributed by atoms with Crippen molar-refractivity contribution in [3.05, 3.63) is 71.3 Å².